The molecule has 4 heteroatoms. The first-order valence-corrected chi connectivity index (χ1v) is 14.5. The van der Waals surface area contributed by atoms with Gasteiger partial charge in [-0.05, 0) is 83.6 Å². The third kappa shape index (κ3) is 10.7. The van der Waals surface area contributed by atoms with Crippen molar-refractivity contribution in [2.75, 3.05) is 13.2 Å². The quantitative estimate of drug-likeness (QED) is 0.111. The number of aryl methyl sites for hydroxylation is 2. The molecule has 0 radical (unpaired) electrons. The van der Waals surface area contributed by atoms with Gasteiger partial charge in [-0.15, -0.1) is 0 Å². The minimum atomic E-state index is -0.404. The van der Waals surface area contributed by atoms with Gasteiger partial charge < -0.3 is 9.47 Å². The van der Waals surface area contributed by atoms with Crippen LogP contribution in [0.25, 0.3) is 0 Å². The smallest absolute Gasteiger partial charge is 0.330 e. The summed E-state index contributed by atoms with van der Waals surface area (Å²) in [4.78, 5) is 22.3. The fourth-order valence-corrected chi connectivity index (χ4v) is 4.25. The molecule has 0 unspecified atom stereocenters. The molecular weight excluding hydrogens is 544 g/mol. The van der Waals surface area contributed by atoms with Crippen molar-refractivity contribution in [1.82, 2.24) is 0 Å². The van der Waals surface area contributed by atoms with E-state index < -0.39 is 11.9 Å². The molecule has 4 aromatic rings. The molecule has 218 valence electrons. The van der Waals surface area contributed by atoms with Crippen LogP contribution in [0.3, 0.4) is 0 Å². The van der Waals surface area contributed by atoms with Crippen LogP contribution in [-0.4, -0.2) is 25.2 Å². The average Bonchev–Trinajstić information content (AvgIpc) is 3.07. The van der Waals surface area contributed by atoms with E-state index in [-0.39, 0.29) is 0 Å². The van der Waals surface area contributed by atoms with Gasteiger partial charge in [0.15, 0.2) is 0 Å². The Labute approximate surface area is 260 Å². The van der Waals surface area contributed by atoms with Crippen LogP contribution in [0.2, 0.25) is 0 Å². The number of ether oxygens (including phenoxy) is 2. The van der Waals surface area contributed by atoms with Crippen molar-refractivity contribution in [1.29, 1.82) is 0 Å². The van der Waals surface area contributed by atoms with Crippen LogP contribution in [0.4, 0.5) is 0 Å². The van der Waals surface area contributed by atoms with Gasteiger partial charge in [-0.2, -0.15) is 0 Å². The van der Waals surface area contributed by atoms with Gasteiger partial charge >= 0.3 is 11.9 Å². The van der Waals surface area contributed by atoms with E-state index in [4.69, 9.17) is 9.47 Å². The zero-order valence-corrected chi connectivity index (χ0v) is 24.7. The predicted octanol–water partition coefficient (Wildman–Crippen LogP) is 6.81. The lowest BCUT2D eigenvalue weighted by molar-refractivity contribution is -0.138. The van der Waals surface area contributed by atoms with Crippen molar-refractivity contribution in [3.8, 4) is 23.7 Å². The second-order valence-corrected chi connectivity index (χ2v) is 10.0. The summed E-state index contributed by atoms with van der Waals surface area (Å²) < 4.78 is 10.1. The Bertz CT molecular complexity index is 1560. The molecule has 4 rings (SSSR count). The van der Waals surface area contributed by atoms with Crippen molar-refractivity contribution < 1.29 is 19.1 Å². The van der Waals surface area contributed by atoms with Crippen molar-refractivity contribution in [3.05, 3.63) is 167 Å². The van der Waals surface area contributed by atoms with Crippen LogP contribution in [0.5, 0.6) is 0 Å². The molecule has 4 nitrogen and oxygen atoms in total. The average molecular weight is 579 g/mol. The van der Waals surface area contributed by atoms with Gasteiger partial charge in [0, 0.05) is 47.2 Å². The number of rotatable bonds is 11. The Morgan fingerprint density at radius 1 is 0.455 bits per heavy atom. The summed E-state index contributed by atoms with van der Waals surface area (Å²) in [6, 6.07) is 32.7. The second-order valence-electron chi connectivity index (χ2n) is 10.0. The molecule has 0 amide bonds. The summed E-state index contributed by atoms with van der Waals surface area (Å²) in [6.07, 6.45) is 5.54. The van der Waals surface area contributed by atoms with Gasteiger partial charge in [0.05, 0.1) is 13.2 Å². The summed E-state index contributed by atoms with van der Waals surface area (Å²) in [5.74, 6) is 12.1. The van der Waals surface area contributed by atoms with Crippen LogP contribution in [-0.2, 0) is 44.7 Å². The summed E-state index contributed by atoms with van der Waals surface area (Å²) >= 11 is 0. The van der Waals surface area contributed by atoms with Crippen molar-refractivity contribution in [3.63, 3.8) is 0 Å². The SMILES string of the molecule is C=CC(=O)OCCc1ccc(C#Cc2ccc(CCc3ccc(C#Cc4ccc(CCOC(=O)C=C)cc4)cc3)cc2)cc1. The number of carbonyl (C=O) groups is 2. The summed E-state index contributed by atoms with van der Waals surface area (Å²) in [5.41, 5.74) is 8.53. The first kappa shape index (κ1) is 31.4. The Hall–Kier alpha value is -5.58. The highest BCUT2D eigenvalue weighted by Gasteiger charge is 2.00. The van der Waals surface area contributed by atoms with Gasteiger partial charge in [-0.25, -0.2) is 9.59 Å². The molecule has 0 fully saturated rings. The van der Waals surface area contributed by atoms with Crippen LogP contribution < -0.4 is 0 Å². The molecule has 0 saturated heterocycles. The summed E-state index contributed by atoms with van der Waals surface area (Å²) in [6.45, 7) is 7.45. The molecule has 44 heavy (non-hydrogen) atoms. The second kappa shape index (κ2) is 16.8. The van der Waals surface area contributed by atoms with Crippen molar-refractivity contribution in [2.45, 2.75) is 25.7 Å². The van der Waals surface area contributed by atoms with Crippen LogP contribution in [0.1, 0.15) is 44.5 Å². The highest BCUT2D eigenvalue weighted by molar-refractivity contribution is 5.81. The van der Waals surface area contributed by atoms with E-state index in [0.717, 1.165) is 46.2 Å². The number of benzene rings is 4. The number of hydrogen-bond donors (Lipinski definition) is 0. The maximum Gasteiger partial charge on any atom is 0.330 e. The van der Waals surface area contributed by atoms with E-state index in [1.807, 2.05) is 48.5 Å². The molecule has 0 aliphatic rings. The highest BCUT2D eigenvalue weighted by atomic mass is 16.5. The normalized spacial score (nSPS) is 9.91. The van der Waals surface area contributed by atoms with Gasteiger partial charge in [0.2, 0.25) is 0 Å². The van der Waals surface area contributed by atoms with E-state index in [1.165, 1.54) is 23.3 Å². The van der Waals surface area contributed by atoms with E-state index in [9.17, 15) is 9.59 Å². The Morgan fingerprint density at radius 2 is 0.705 bits per heavy atom. The van der Waals surface area contributed by atoms with Crippen LogP contribution in [0.15, 0.2) is 122 Å². The van der Waals surface area contributed by atoms with Gasteiger partial charge in [0.1, 0.15) is 0 Å². The third-order valence-electron chi connectivity index (χ3n) is 6.82. The molecule has 0 N–H and O–H groups in total. The van der Waals surface area contributed by atoms with Gasteiger partial charge in [-0.3, -0.25) is 0 Å². The predicted molar refractivity (Wildman–Crippen MR) is 175 cm³/mol. The minimum Gasteiger partial charge on any atom is -0.462 e. The van der Waals surface area contributed by atoms with Crippen molar-refractivity contribution >= 4 is 11.9 Å². The molecule has 0 atom stereocenters. The maximum absolute atomic E-state index is 11.1. The lowest BCUT2D eigenvalue weighted by atomic mass is 10.0. The van der Waals surface area contributed by atoms with Crippen molar-refractivity contribution in [2.24, 2.45) is 0 Å². The molecule has 0 spiro atoms. The lowest BCUT2D eigenvalue weighted by Gasteiger charge is -2.03. The fourth-order valence-electron chi connectivity index (χ4n) is 4.25. The Balaban J connectivity index is 1.22. The molecule has 0 aromatic heterocycles. The summed E-state index contributed by atoms with van der Waals surface area (Å²) in [7, 11) is 0. The van der Waals surface area contributed by atoms with Crippen LogP contribution in [0, 0.1) is 23.7 Å². The zero-order chi connectivity index (χ0) is 31.0. The number of esters is 2. The molecule has 0 heterocycles. The largest absolute Gasteiger partial charge is 0.462 e. The van der Waals surface area contributed by atoms with Gasteiger partial charge in [0.25, 0.3) is 0 Å². The van der Waals surface area contributed by atoms with E-state index >= 15 is 0 Å². The third-order valence-corrected chi connectivity index (χ3v) is 6.82. The summed E-state index contributed by atoms with van der Waals surface area (Å²) in [5, 5.41) is 0. The zero-order valence-electron chi connectivity index (χ0n) is 24.7. The first-order chi connectivity index (χ1) is 21.5. The van der Waals surface area contributed by atoms with Gasteiger partial charge in [-0.1, -0.05) is 85.4 Å². The monoisotopic (exact) mass is 578 g/mol. The van der Waals surface area contributed by atoms with Crippen LogP contribution >= 0.6 is 0 Å². The lowest BCUT2D eigenvalue weighted by Crippen LogP contribution is -2.04. The standard InChI is InChI=1S/C40H34O4/c1-3-39(41)43-29-27-37-23-19-35(20-24-37)17-15-33-11-7-31(8-12-33)5-6-32-9-13-34(14-10-32)16-18-36-21-25-38(26-22-36)28-30-44-40(42)4-2/h3-4,7-14,19-26H,1-2,5-6,27-30H2. The highest BCUT2D eigenvalue weighted by Crippen LogP contribution is 2.12. The molecule has 0 aliphatic carbocycles. The molecule has 0 saturated carbocycles. The van der Waals surface area contributed by atoms with E-state index in [2.05, 4.69) is 85.4 Å². The molecular formula is C40H34O4. The molecule has 4 aromatic carbocycles. The Kier molecular flexibility index (Phi) is 11.9. The minimum absolute atomic E-state index is 0.333. The topological polar surface area (TPSA) is 52.6 Å². The molecule has 0 bridgehead atoms. The number of hydrogen-bond acceptors (Lipinski definition) is 4. The van der Waals surface area contributed by atoms with E-state index in [0.29, 0.717) is 26.1 Å². The maximum atomic E-state index is 11.1. The Morgan fingerprint density at radius 3 is 0.955 bits per heavy atom. The first-order valence-electron chi connectivity index (χ1n) is 14.5. The molecule has 0 aliphatic heterocycles. The number of carbonyl (C=O) groups excluding carboxylic acids is 2. The van der Waals surface area contributed by atoms with E-state index in [1.54, 1.807) is 0 Å². The fraction of sp³-hybridized carbons (Fsp3) is 0.150.